The number of aromatic nitrogens is 1. The SMILES string of the molecule is C=C1/C=C\C=C/Sc2ccc(N(c3ccccc3)c3ccc(N4/C=C\C=C/C(=C)c5cc(-c6ccc7c8ccccc8n(-c8c(O)c(O)c(O)c(O)c8O)c7c6)ccc54)cc3)cc21. The summed E-state index contributed by atoms with van der Waals surface area (Å²) in [5.41, 5.74) is 11.3. The highest BCUT2D eigenvalue weighted by molar-refractivity contribution is 8.02. The van der Waals surface area contributed by atoms with E-state index in [1.165, 1.54) is 0 Å². The zero-order chi connectivity index (χ0) is 43.4. The zero-order valence-corrected chi connectivity index (χ0v) is 34.5. The lowest BCUT2D eigenvalue weighted by atomic mass is 9.95. The predicted octanol–water partition coefficient (Wildman–Crippen LogP) is 13.9. The molecule has 0 saturated carbocycles. The summed E-state index contributed by atoms with van der Waals surface area (Å²) in [5, 5.41) is 57.1. The molecule has 8 nitrogen and oxygen atoms in total. The number of phenolic OH excluding ortho intramolecular Hbond substituents is 5. The van der Waals surface area contributed by atoms with Crippen LogP contribution in [0.25, 0.3) is 49.8 Å². The third-order valence-electron chi connectivity index (χ3n) is 11.5. The van der Waals surface area contributed by atoms with Gasteiger partial charge >= 0.3 is 0 Å². The summed E-state index contributed by atoms with van der Waals surface area (Å²) in [4.78, 5) is 5.54. The van der Waals surface area contributed by atoms with Crippen LogP contribution in [0.5, 0.6) is 28.7 Å². The van der Waals surface area contributed by atoms with E-state index in [0.29, 0.717) is 11.0 Å². The summed E-state index contributed by atoms with van der Waals surface area (Å²) in [6, 6.07) is 44.9. The Morgan fingerprint density at radius 3 is 1.89 bits per heavy atom. The number of hydrogen-bond donors (Lipinski definition) is 5. The molecule has 2 aliphatic heterocycles. The Labute approximate surface area is 367 Å². The number of thioether (sulfide) groups is 1. The van der Waals surface area contributed by atoms with Crippen LogP contribution in [0.4, 0.5) is 28.4 Å². The lowest BCUT2D eigenvalue weighted by molar-refractivity contribution is 0.327. The summed E-state index contributed by atoms with van der Waals surface area (Å²) in [7, 11) is 0. The quantitative estimate of drug-likeness (QED) is 0.0831. The maximum Gasteiger partial charge on any atom is 0.208 e. The molecule has 5 N–H and O–H groups in total. The molecule has 0 aliphatic carbocycles. The van der Waals surface area contributed by atoms with Crippen molar-refractivity contribution in [2.45, 2.75) is 4.90 Å². The highest BCUT2D eigenvalue weighted by atomic mass is 32.2. The van der Waals surface area contributed by atoms with Gasteiger partial charge in [-0.2, -0.15) is 0 Å². The van der Waals surface area contributed by atoms with Gasteiger partial charge in [-0.3, -0.25) is 0 Å². The van der Waals surface area contributed by atoms with Gasteiger partial charge in [0, 0.05) is 50.2 Å². The first-order chi connectivity index (χ1) is 30.7. The number of aromatic hydroxyl groups is 5. The Morgan fingerprint density at radius 2 is 1.11 bits per heavy atom. The Kier molecular flexibility index (Phi) is 9.66. The third-order valence-corrected chi connectivity index (χ3v) is 12.4. The lowest BCUT2D eigenvalue weighted by Crippen LogP contribution is -2.13. The Morgan fingerprint density at radius 1 is 0.492 bits per heavy atom. The maximum absolute atomic E-state index is 11.1. The van der Waals surface area contributed by atoms with Gasteiger partial charge in [-0.25, -0.2) is 0 Å². The second-order valence-electron chi connectivity index (χ2n) is 15.2. The molecule has 0 atom stereocenters. The molecule has 10 rings (SSSR count). The molecular weight excluding hydrogens is 803 g/mol. The number of para-hydroxylation sites is 2. The van der Waals surface area contributed by atoms with Gasteiger partial charge in [-0.15, -0.1) is 0 Å². The highest BCUT2D eigenvalue weighted by Crippen LogP contribution is 2.54. The van der Waals surface area contributed by atoms with Crippen molar-refractivity contribution in [1.29, 1.82) is 0 Å². The smallest absolute Gasteiger partial charge is 0.208 e. The minimum Gasteiger partial charge on any atom is -0.503 e. The van der Waals surface area contributed by atoms with Crippen LogP contribution in [0.2, 0.25) is 0 Å². The molecule has 0 amide bonds. The van der Waals surface area contributed by atoms with Gasteiger partial charge in [0.25, 0.3) is 0 Å². The summed E-state index contributed by atoms with van der Waals surface area (Å²) < 4.78 is 1.57. The zero-order valence-electron chi connectivity index (χ0n) is 33.7. The summed E-state index contributed by atoms with van der Waals surface area (Å²) in [6.07, 6.45) is 14.1. The summed E-state index contributed by atoms with van der Waals surface area (Å²) >= 11 is 1.68. The van der Waals surface area contributed by atoms with Crippen molar-refractivity contribution in [2.75, 3.05) is 9.80 Å². The molecule has 0 fully saturated rings. The normalized spacial score (nSPS) is 15.5. The van der Waals surface area contributed by atoms with E-state index in [1.54, 1.807) is 16.3 Å². The van der Waals surface area contributed by atoms with E-state index in [-0.39, 0.29) is 5.69 Å². The summed E-state index contributed by atoms with van der Waals surface area (Å²) in [5.74, 6) is -4.46. The number of nitrogens with zero attached hydrogens (tertiary/aromatic N) is 3. The van der Waals surface area contributed by atoms with Gasteiger partial charge in [0.15, 0.2) is 11.5 Å². The van der Waals surface area contributed by atoms with E-state index in [4.69, 9.17) is 0 Å². The monoisotopic (exact) mass is 841 g/mol. The topological polar surface area (TPSA) is 113 Å². The molecule has 0 radical (unpaired) electrons. The van der Waals surface area contributed by atoms with Crippen molar-refractivity contribution >= 4 is 73.2 Å². The van der Waals surface area contributed by atoms with Gasteiger partial charge in [0.1, 0.15) is 5.69 Å². The van der Waals surface area contributed by atoms with Crippen LogP contribution in [-0.2, 0) is 0 Å². The molecule has 306 valence electrons. The lowest BCUT2D eigenvalue weighted by Gasteiger charge is -2.29. The molecule has 8 aromatic rings. The molecular formula is C54H39N3O5S. The molecule has 0 unspecified atom stereocenters. The first-order valence-electron chi connectivity index (χ1n) is 20.2. The number of allylic oxidation sites excluding steroid dienone is 8. The van der Waals surface area contributed by atoms with E-state index < -0.39 is 28.7 Å². The molecule has 0 bridgehead atoms. The second kappa shape index (κ2) is 15.6. The molecule has 1 aromatic heterocycles. The molecule has 0 spiro atoms. The number of rotatable bonds is 6. The summed E-state index contributed by atoms with van der Waals surface area (Å²) in [6.45, 7) is 8.81. The van der Waals surface area contributed by atoms with Gasteiger partial charge in [0.2, 0.25) is 17.2 Å². The predicted molar refractivity (Wildman–Crippen MR) is 258 cm³/mol. The average Bonchev–Trinajstić information content (AvgIpc) is 3.63. The Bertz CT molecular complexity index is 3280. The first kappa shape index (κ1) is 38.9. The average molecular weight is 842 g/mol. The largest absolute Gasteiger partial charge is 0.503 e. The van der Waals surface area contributed by atoms with E-state index >= 15 is 0 Å². The number of anilines is 5. The first-order valence-corrected chi connectivity index (χ1v) is 21.0. The van der Waals surface area contributed by atoms with Crippen molar-refractivity contribution in [1.82, 2.24) is 4.57 Å². The van der Waals surface area contributed by atoms with Crippen LogP contribution < -0.4 is 9.80 Å². The number of hydrogen-bond acceptors (Lipinski definition) is 8. The molecule has 63 heavy (non-hydrogen) atoms. The van der Waals surface area contributed by atoms with Gasteiger partial charge in [-0.1, -0.05) is 110 Å². The maximum atomic E-state index is 11.1. The van der Waals surface area contributed by atoms with Crippen molar-refractivity contribution in [3.63, 3.8) is 0 Å². The standard InChI is InChI=1S/C54H39N3O5S/c1-33-12-8-10-28-55(37-20-22-39(23-21-37)56(38-14-4-3-5-15-38)40-24-27-48-44(32-40)34(2)13-9-11-29-63-48)45-26-19-35(30-43(33)45)36-18-25-42-41-16-6-7-17-46(41)57(47(42)31-36)49-50(58)52(60)54(62)53(61)51(49)59/h3-32,58-62H,1-2H2/b12-8-,13-9-,28-10-,29-11-. The fourth-order valence-corrected chi connectivity index (χ4v) is 9.16. The van der Waals surface area contributed by atoms with E-state index in [9.17, 15) is 25.5 Å². The van der Waals surface area contributed by atoms with Crippen LogP contribution in [-0.4, -0.2) is 30.1 Å². The van der Waals surface area contributed by atoms with Crippen LogP contribution in [0.1, 0.15) is 11.1 Å². The minimum absolute atomic E-state index is 0.267. The Balaban J connectivity index is 1.05. The van der Waals surface area contributed by atoms with Gasteiger partial charge in [-0.05, 0) is 118 Å². The number of benzene rings is 7. The second-order valence-corrected chi connectivity index (χ2v) is 16.2. The van der Waals surface area contributed by atoms with Crippen LogP contribution in [0.3, 0.4) is 0 Å². The van der Waals surface area contributed by atoms with E-state index in [0.717, 1.165) is 77.5 Å². The molecule has 3 heterocycles. The van der Waals surface area contributed by atoms with Gasteiger partial charge in [0.05, 0.1) is 16.7 Å². The minimum atomic E-state index is -1.02. The van der Waals surface area contributed by atoms with Crippen molar-refractivity contribution in [3.8, 4) is 45.6 Å². The molecule has 9 heteroatoms. The fraction of sp³-hybridized carbons (Fsp3) is 0. The van der Waals surface area contributed by atoms with Crippen molar-refractivity contribution < 1.29 is 25.5 Å². The highest BCUT2D eigenvalue weighted by Gasteiger charge is 2.27. The van der Waals surface area contributed by atoms with Crippen molar-refractivity contribution in [3.05, 3.63) is 206 Å². The van der Waals surface area contributed by atoms with Crippen LogP contribution >= 0.6 is 11.8 Å². The van der Waals surface area contributed by atoms with Crippen LogP contribution in [0, 0.1) is 0 Å². The number of fused-ring (bicyclic) bond motifs is 5. The van der Waals surface area contributed by atoms with E-state index in [2.05, 4.69) is 95.1 Å². The Hall–Kier alpha value is -8.27. The molecule has 7 aromatic carbocycles. The molecule has 0 saturated heterocycles. The number of phenols is 5. The van der Waals surface area contributed by atoms with Crippen molar-refractivity contribution in [2.24, 2.45) is 0 Å². The van der Waals surface area contributed by atoms with Gasteiger partial charge < -0.3 is 39.9 Å². The fourth-order valence-electron chi connectivity index (χ4n) is 8.38. The van der Waals surface area contributed by atoms with E-state index in [1.807, 2.05) is 109 Å². The third kappa shape index (κ3) is 6.68. The molecule has 2 aliphatic rings. The van der Waals surface area contributed by atoms with Crippen LogP contribution in [0.15, 0.2) is 200 Å².